The van der Waals surface area contributed by atoms with Gasteiger partial charge in [-0.15, -0.1) is 0 Å². The van der Waals surface area contributed by atoms with E-state index in [1.165, 1.54) is 12.2 Å². The van der Waals surface area contributed by atoms with Crippen LogP contribution in [0.1, 0.15) is 11.1 Å². The van der Waals surface area contributed by atoms with E-state index < -0.39 is 11.7 Å². The van der Waals surface area contributed by atoms with Crippen molar-refractivity contribution in [2.24, 2.45) is 0 Å². The van der Waals surface area contributed by atoms with Crippen LogP contribution in [0.4, 0.5) is 13.2 Å². The average Bonchev–Trinajstić information content (AvgIpc) is 2.62. The fourth-order valence-electron chi connectivity index (χ4n) is 1.82. The van der Waals surface area contributed by atoms with Crippen LogP contribution in [0, 0.1) is 22.7 Å². The second kappa shape index (κ2) is 8.96. The van der Waals surface area contributed by atoms with Crippen molar-refractivity contribution >= 4 is 39.9 Å². The molecule has 0 aliphatic carbocycles. The molecule has 0 unspecified atom stereocenters. The molecule has 0 N–H and O–H groups in total. The molecule has 1 heterocycles. The summed E-state index contributed by atoms with van der Waals surface area (Å²) < 4.78 is 38.3. The minimum Gasteiger partial charge on any atom is -0.247 e. The second-order valence-electron chi connectivity index (χ2n) is 4.95. The number of halogens is 5. The maximum Gasteiger partial charge on any atom is 0.417 e. The molecule has 0 spiro atoms. The van der Waals surface area contributed by atoms with Gasteiger partial charge in [0, 0.05) is 16.1 Å². The van der Waals surface area contributed by atoms with Crippen molar-refractivity contribution in [3.8, 4) is 12.1 Å². The van der Waals surface area contributed by atoms with Gasteiger partial charge in [-0.05, 0) is 35.9 Å². The van der Waals surface area contributed by atoms with E-state index in [1.54, 1.807) is 36.4 Å². The van der Waals surface area contributed by atoms with Gasteiger partial charge in [-0.3, -0.25) is 0 Å². The Morgan fingerprint density at radius 2 is 1.70 bits per heavy atom. The molecule has 0 bridgehead atoms. The van der Waals surface area contributed by atoms with Crippen LogP contribution in [0.25, 0.3) is 4.91 Å². The Kier molecular flexibility index (Phi) is 6.92. The molecule has 3 nitrogen and oxygen atoms in total. The molecule has 2 aromatic rings. The molecule has 0 aliphatic heterocycles. The van der Waals surface area contributed by atoms with E-state index in [0.29, 0.717) is 21.7 Å². The van der Waals surface area contributed by atoms with Gasteiger partial charge in [0.15, 0.2) is 0 Å². The highest BCUT2D eigenvalue weighted by molar-refractivity contribution is 8.08. The molecule has 0 saturated carbocycles. The molecule has 1 aromatic heterocycles. The summed E-state index contributed by atoms with van der Waals surface area (Å²) in [7, 11) is 0. The number of allylic oxidation sites excluding steroid dienone is 3. The Labute approximate surface area is 167 Å². The van der Waals surface area contributed by atoms with Crippen molar-refractivity contribution in [1.82, 2.24) is 4.98 Å². The molecule has 0 saturated heterocycles. The molecular weight excluding hydrogens is 418 g/mol. The van der Waals surface area contributed by atoms with Gasteiger partial charge in [0.2, 0.25) is 0 Å². The standard InChI is InChI=1S/C18H8Cl2F3N3S/c19-14-4-2-12(3-5-14)16(6-1-11(8-24)9-25)27-17-15(20)7-13(10-26-17)18(21,22)23/h1-7,10H/b16-6-. The van der Waals surface area contributed by atoms with E-state index >= 15 is 0 Å². The summed E-state index contributed by atoms with van der Waals surface area (Å²) >= 11 is 12.8. The number of pyridine rings is 1. The number of aromatic nitrogens is 1. The predicted molar refractivity (Wildman–Crippen MR) is 98.8 cm³/mol. The van der Waals surface area contributed by atoms with E-state index in [4.69, 9.17) is 33.7 Å². The number of benzene rings is 1. The molecule has 27 heavy (non-hydrogen) atoms. The lowest BCUT2D eigenvalue weighted by Crippen LogP contribution is -2.05. The van der Waals surface area contributed by atoms with Crippen molar-refractivity contribution in [3.63, 3.8) is 0 Å². The monoisotopic (exact) mass is 425 g/mol. The second-order valence-corrected chi connectivity index (χ2v) is 6.83. The molecule has 0 amide bonds. The summed E-state index contributed by atoms with van der Waals surface area (Å²) in [6.45, 7) is 0. The normalized spacial score (nSPS) is 11.4. The van der Waals surface area contributed by atoms with Gasteiger partial charge >= 0.3 is 6.18 Å². The van der Waals surface area contributed by atoms with Crippen LogP contribution >= 0.6 is 35.0 Å². The molecule has 0 radical (unpaired) electrons. The Hall–Kier alpha value is -2.45. The summed E-state index contributed by atoms with van der Waals surface area (Å²) in [6, 6.07) is 10.9. The van der Waals surface area contributed by atoms with E-state index in [2.05, 4.69) is 4.98 Å². The predicted octanol–water partition coefficient (Wildman–Crippen LogP) is 6.51. The lowest BCUT2D eigenvalue weighted by molar-refractivity contribution is -0.137. The number of rotatable bonds is 4. The van der Waals surface area contributed by atoms with E-state index in [-0.39, 0.29) is 15.6 Å². The molecular formula is C18H8Cl2F3N3S. The van der Waals surface area contributed by atoms with Gasteiger partial charge in [0.25, 0.3) is 0 Å². The Balaban J connectivity index is 2.45. The molecule has 0 fully saturated rings. The highest BCUT2D eigenvalue weighted by Crippen LogP contribution is 2.39. The first kappa shape index (κ1) is 20.9. The highest BCUT2D eigenvalue weighted by Gasteiger charge is 2.31. The third-order valence-corrected chi connectivity index (χ3v) is 4.87. The SMILES string of the molecule is N#CC(C#N)=C/C=C(\Sc1ncc(C(F)(F)F)cc1Cl)c1ccc(Cl)cc1. The lowest BCUT2D eigenvalue weighted by Gasteiger charge is -2.11. The Morgan fingerprint density at radius 3 is 2.22 bits per heavy atom. The number of nitriles is 2. The number of alkyl halides is 3. The van der Waals surface area contributed by atoms with Gasteiger partial charge in [-0.25, -0.2) is 4.98 Å². The Morgan fingerprint density at radius 1 is 1.07 bits per heavy atom. The van der Waals surface area contributed by atoms with Crippen LogP contribution in [0.15, 0.2) is 59.3 Å². The number of nitrogens with zero attached hydrogens (tertiary/aromatic N) is 3. The zero-order chi connectivity index (χ0) is 20.0. The molecule has 9 heteroatoms. The van der Waals surface area contributed by atoms with Crippen LogP contribution in [0.2, 0.25) is 10.0 Å². The van der Waals surface area contributed by atoms with Gasteiger partial charge in [0.05, 0.1) is 10.6 Å². The number of hydrogen-bond donors (Lipinski definition) is 0. The third-order valence-electron chi connectivity index (χ3n) is 3.11. The first-order valence-corrected chi connectivity index (χ1v) is 8.70. The van der Waals surface area contributed by atoms with E-state index in [1.807, 2.05) is 0 Å². The van der Waals surface area contributed by atoms with E-state index in [9.17, 15) is 13.2 Å². The van der Waals surface area contributed by atoms with Gasteiger partial charge in [-0.1, -0.05) is 47.1 Å². The smallest absolute Gasteiger partial charge is 0.247 e. The summed E-state index contributed by atoms with van der Waals surface area (Å²) in [5.41, 5.74) is -0.424. The van der Waals surface area contributed by atoms with Crippen LogP contribution < -0.4 is 0 Å². The highest BCUT2D eigenvalue weighted by atomic mass is 35.5. The topological polar surface area (TPSA) is 60.5 Å². The van der Waals surface area contributed by atoms with Crippen LogP contribution in [-0.2, 0) is 6.18 Å². The first-order chi connectivity index (χ1) is 12.7. The maximum atomic E-state index is 12.8. The minimum absolute atomic E-state index is 0.131. The summed E-state index contributed by atoms with van der Waals surface area (Å²) in [4.78, 5) is 4.31. The zero-order valence-corrected chi connectivity index (χ0v) is 15.6. The fraction of sp³-hybridized carbons (Fsp3) is 0.0556. The average molecular weight is 426 g/mol. The number of hydrogen-bond acceptors (Lipinski definition) is 4. The van der Waals surface area contributed by atoms with Crippen molar-refractivity contribution in [2.45, 2.75) is 11.2 Å². The minimum atomic E-state index is -4.55. The van der Waals surface area contributed by atoms with Gasteiger partial charge in [0.1, 0.15) is 22.7 Å². The quantitative estimate of drug-likeness (QED) is 0.318. The summed E-state index contributed by atoms with van der Waals surface area (Å²) in [6.07, 6.45) is -1.06. The third kappa shape index (κ3) is 5.77. The molecule has 136 valence electrons. The Bertz CT molecular complexity index is 969. The lowest BCUT2D eigenvalue weighted by atomic mass is 10.2. The van der Waals surface area contributed by atoms with Crippen molar-refractivity contribution in [3.05, 3.63) is 75.4 Å². The maximum absolute atomic E-state index is 12.8. The molecule has 0 aliphatic rings. The van der Waals surface area contributed by atoms with Crippen LogP contribution in [0.3, 0.4) is 0 Å². The molecule has 1 aromatic carbocycles. The van der Waals surface area contributed by atoms with Crippen LogP contribution in [-0.4, -0.2) is 4.98 Å². The van der Waals surface area contributed by atoms with Gasteiger partial charge < -0.3 is 0 Å². The van der Waals surface area contributed by atoms with Crippen molar-refractivity contribution in [1.29, 1.82) is 10.5 Å². The van der Waals surface area contributed by atoms with Crippen molar-refractivity contribution < 1.29 is 13.2 Å². The first-order valence-electron chi connectivity index (χ1n) is 7.13. The fourth-order valence-corrected chi connectivity index (χ4v) is 3.09. The van der Waals surface area contributed by atoms with E-state index in [0.717, 1.165) is 17.8 Å². The number of thioether (sulfide) groups is 1. The van der Waals surface area contributed by atoms with Crippen molar-refractivity contribution in [2.75, 3.05) is 0 Å². The molecule has 0 atom stereocenters. The summed E-state index contributed by atoms with van der Waals surface area (Å²) in [5.74, 6) is 0. The summed E-state index contributed by atoms with van der Waals surface area (Å²) in [5, 5.41) is 18.2. The zero-order valence-electron chi connectivity index (χ0n) is 13.3. The largest absolute Gasteiger partial charge is 0.417 e. The van der Waals surface area contributed by atoms with Crippen LogP contribution in [0.5, 0.6) is 0 Å². The molecule has 2 rings (SSSR count). The van der Waals surface area contributed by atoms with Gasteiger partial charge in [-0.2, -0.15) is 23.7 Å².